The molecule has 0 fully saturated rings. The second-order valence-corrected chi connectivity index (χ2v) is 6.34. The van der Waals surface area contributed by atoms with Crippen molar-refractivity contribution in [3.63, 3.8) is 0 Å². The van der Waals surface area contributed by atoms with Gasteiger partial charge in [0, 0.05) is 13.0 Å². The van der Waals surface area contributed by atoms with E-state index in [0.29, 0.717) is 31.3 Å². The minimum atomic E-state index is -0.678. The molecule has 1 N–H and O–H groups in total. The van der Waals surface area contributed by atoms with Crippen molar-refractivity contribution in [3.8, 4) is 0 Å². The van der Waals surface area contributed by atoms with E-state index < -0.39 is 6.17 Å². The van der Waals surface area contributed by atoms with Crippen LogP contribution >= 0.6 is 0 Å². The summed E-state index contributed by atoms with van der Waals surface area (Å²) in [6.45, 7) is 5.10. The number of hydrogen-bond acceptors (Lipinski definition) is 2. The molecule has 0 aromatic carbocycles. The molecular formula is C18H29FO2. The van der Waals surface area contributed by atoms with Crippen molar-refractivity contribution in [2.75, 3.05) is 13.2 Å². The van der Waals surface area contributed by atoms with E-state index in [-0.39, 0.29) is 6.61 Å². The van der Waals surface area contributed by atoms with Crippen LogP contribution in [0.1, 0.15) is 58.8 Å². The van der Waals surface area contributed by atoms with E-state index in [4.69, 9.17) is 4.74 Å². The summed E-state index contributed by atoms with van der Waals surface area (Å²) in [5.74, 6) is 1.83. The van der Waals surface area contributed by atoms with Crippen molar-refractivity contribution in [2.45, 2.75) is 65.0 Å². The molecule has 21 heavy (non-hydrogen) atoms. The number of ether oxygens (including phenoxy) is 1. The smallest absolute Gasteiger partial charge is 0.104 e. The highest BCUT2D eigenvalue weighted by atomic mass is 19.1. The molecule has 0 aromatic rings. The van der Waals surface area contributed by atoms with Crippen LogP contribution in [0.15, 0.2) is 23.0 Å². The Morgan fingerprint density at radius 2 is 2.19 bits per heavy atom. The molecule has 2 aliphatic rings. The first-order chi connectivity index (χ1) is 10.2. The van der Waals surface area contributed by atoms with Crippen LogP contribution in [0.25, 0.3) is 0 Å². The van der Waals surface area contributed by atoms with Gasteiger partial charge in [-0.15, -0.1) is 0 Å². The van der Waals surface area contributed by atoms with Crippen molar-refractivity contribution in [2.24, 2.45) is 11.8 Å². The molecule has 0 aromatic heterocycles. The van der Waals surface area contributed by atoms with Crippen molar-refractivity contribution in [3.05, 3.63) is 23.0 Å². The normalized spacial score (nSPS) is 30.3. The number of allylic oxidation sites excluding steroid dienone is 4. The molecule has 0 aliphatic heterocycles. The maximum Gasteiger partial charge on any atom is 0.104 e. The summed E-state index contributed by atoms with van der Waals surface area (Å²) in [6.07, 6.45) is 7.54. The average Bonchev–Trinajstić information content (AvgIpc) is 2.49. The summed E-state index contributed by atoms with van der Waals surface area (Å²) >= 11 is 0. The number of aliphatic hydroxyl groups is 1. The molecule has 120 valence electrons. The highest BCUT2D eigenvalue weighted by molar-refractivity contribution is 5.38. The third-order valence-corrected chi connectivity index (χ3v) is 4.71. The standard InChI is InChI=1S/C18H29FO2/c1-3-5-15-10-13(12-20)11-17(21-4-2)18(15)14-6-8-16(19)9-7-14/h6,13,15-16,20H,3-5,7-12H2,1-2H3/t13?,15?,16-/m0/s1. The zero-order valence-corrected chi connectivity index (χ0v) is 13.4. The molecular weight excluding hydrogens is 267 g/mol. The number of rotatable bonds is 6. The Morgan fingerprint density at radius 1 is 1.38 bits per heavy atom. The minimum Gasteiger partial charge on any atom is -0.498 e. The fourth-order valence-corrected chi connectivity index (χ4v) is 3.75. The van der Waals surface area contributed by atoms with Gasteiger partial charge in [0.25, 0.3) is 0 Å². The van der Waals surface area contributed by atoms with Crippen LogP contribution < -0.4 is 0 Å². The van der Waals surface area contributed by atoms with E-state index in [1.165, 1.54) is 11.1 Å². The van der Waals surface area contributed by atoms with E-state index in [1.807, 2.05) is 6.92 Å². The molecule has 0 saturated carbocycles. The van der Waals surface area contributed by atoms with Crippen LogP contribution in [-0.2, 0) is 4.74 Å². The lowest BCUT2D eigenvalue weighted by molar-refractivity contribution is 0.140. The third kappa shape index (κ3) is 4.09. The maximum absolute atomic E-state index is 13.4. The van der Waals surface area contributed by atoms with Crippen LogP contribution in [0, 0.1) is 11.8 Å². The van der Waals surface area contributed by atoms with Crippen LogP contribution in [-0.4, -0.2) is 24.5 Å². The Morgan fingerprint density at radius 3 is 2.76 bits per heavy atom. The summed E-state index contributed by atoms with van der Waals surface area (Å²) in [6, 6.07) is 0. The van der Waals surface area contributed by atoms with Crippen LogP contribution in [0.3, 0.4) is 0 Å². The second-order valence-electron chi connectivity index (χ2n) is 6.34. The van der Waals surface area contributed by atoms with E-state index in [2.05, 4.69) is 13.0 Å². The average molecular weight is 296 g/mol. The van der Waals surface area contributed by atoms with Crippen molar-refractivity contribution >= 4 is 0 Å². The topological polar surface area (TPSA) is 29.5 Å². The first-order valence-corrected chi connectivity index (χ1v) is 8.49. The monoisotopic (exact) mass is 296 g/mol. The second kappa shape index (κ2) is 7.98. The summed E-state index contributed by atoms with van der Waals surface area (Å²) < 4.78 is 19.3. The predicted octanol–water partition coefficient (Wildman–Crippen LogP) is 4.54. The lowest BCUT2D eigenvalue weighted by Crippen LogP contribution is -2.25. The molecule has 2 unspecified atom stereocenters. The van der Waals surface area contributed by atoms with Gasteiger partial charge in [-0.25, -0.2) is 4.39 Å². The van der Waals surface area contributed by atoms with Gasteiger partial charge in [0.15, 0.2) is 0 Å². The molecule has 0 radical (unpaired) electrons. The zero-order chi connectivity index (χ0) is 15.2. The highest BCUT2D eigenvalue weighted by Gasteiger charge is 2.32. The van der Waals surface area contributed by atoms with Gasteiger partial charge < -0.3 is 9.84 Å². The number of hydrogen-bond donors (Lipinski definition) is 1. The van der Waals surface area contributed by atoms with E-state index in [0.717, 1.165) is 37.9 Å². The zero-order valence-electron chi connectivity index (χ0n) is 13.4. The SMILES string of the molecule is CCCC1CC(CO)CC(OCC)=C1C1=CC[C@H](F)CC1. The molecule has 0 bridgehead atoms. The Hall–Kier alpha value is -0.830. The number of aliphatic hydroxyl groups excluding tert-OH is 1. The first-order valence-electron chi connectivity index (χ1n) is 8.49. The molecule has 2 rings (SSSR count). The molecule has 2 nitrogen and oxygen atoms in total. The molecule has 0 heterocycles. The molecule has 0 amide bonds. The van der Waals surface area contributed by atoms with Gasteiger partial charge in [0.2, 0.25) is 0 Å². The van der Waals surface area contributed by atoms with Crippen molar-refractivity contribution in [1.29, 1.82) is 0 Å². The molecule has 0 saturated heterocycles. The van der Waals surface area contributed by atoms with Gasteiger partial charge >= 0.3 is 0 Å². The Kier molecular flexibility index (Phi) is 6.28. The molecule has 0 spiro atoms. The van der Waals surface area contributed by atoms with Crippen LogP contribution in [0.2, 0.25) is 0 Å². The number of alkyl halides is 1. The Balaban J connectivity index is 2.31. The van der Waals surface area contributed by atoms with Gasteiger partial charge in [-0.2, -0.15) is 0 Å². The van der Waals surface area contributed by atoms with Gasteiger partial charge in [-0.1, -0.05) is 19.4 Å². The van der Waals surface area contributed by atoms with Gasteiger partial charge in [0.1, 0.15) is 11.9 Å². The van der Waals surface area contributed by atoms with Gasteiger partial charge in [-0.05, 0) is 62.0 Å². The number of halogens is 1. The van der Waals surface area contributed by atoms with Crippen molar-refractivity contribution < 1.29 is 14.2 Å². The van der Waals surface area contributed by atoms with E-state index in [1.54, 1.807) is 0 Å². The Labute approximate surface area is 128 Å². The molecule has 2 aliphatic carbocycles. The first kappa shape index (κ1) is 16.5. The lowest BCUT2D eigenvalue weighted by Gasteiger charge is -2.35. The van der Waals surface area contributed by atoms with Gasteiger partial charge in [0.05, 0.1) is 6.61 Å². The fourth-order valence-electron chi connectivity index (χ4n) is 3.75. The van der Waals surface area contributed by atoms with Crippen LogP contribution in [0.5, 0.6) is 0 Å². The summed E-state index contributed by atoms with van der Waals surface area (Å²) in [5.41, 5.74) is 2.65. The minimum absolute atomic E-state index is 0.232. The summed E-state index contributed by atoms with van der Waals surface area (Å²) in [7, 11) is 0. The third-order valence-electron chi connectivity index (χ3n) is 4.71. The molecule has 3 atom stereocenters. The Bertz CT molecular complexity index is 400. The summed E-state index contributed by atoms with van der Waals surface area (Å²) in [5, 5.41) is 9.55. The van der Waals surface area contributed by atoms with Crippen LogP contribution in [0.4, 0.5) is 4.39 Å². The predicted molar refractivity (Wildman–Crippen MR) is 83.7 cm³/mol. The maximum atomic E-state index is 13.4. The lowest BCUT2D eigenvalue weighted by atomic mass is 9.73. The van der Waals surface area contributed by atoms with E-state index in [9.17, 15) is 9.50 Å². The van der Waals surface area contributed by atoms with E-state index >= 15 is 0 Å². The fraction of sp³-hybridized carbons (Fsp3) is 0.778. The largest absolute Gasteiger partial charge is 0.498 e. The van der Waals surface area contributed by atoms with Gasteiger partial charge in [-0.3, -0.25) is 0 Å². The summed E-state index contributed by atoms with van der Waals surface area (Å²) in [4.78, 5) is 0. The van der Waals surface area contributed by atoms with Crippen molar-refractivity contribution in [1.82, 2.24) is 0 Å². The molecule has 3 heteroatoms. The quantitative estimate of drug-likeness (QED) is 0.779. The highest BCUT2D eigenvalue weighted by Crippen LogP contribution is 2.43.